The summed E-state index contributed by atoms with van der Waals surface area (Å²) in [7, 11) is 1.49. The predicted molar refractivity (Wildman–Crippen MR) is 76.3 cm³/mol. The number of carbonyl (C=O) groups is 2. The van der Waals surface area contributed by atoms with Crippen LogP contribution in [0, 0.1) is 11.8 Å². The lowest BCUT2D eigenvalue weighted by Gasteiger charge is -2.26. The molecule has 2 bridgehead atoms. The average molecular weight is 301 g/mol. The number of aliphatic hydroxyl groups excluding tert-OH is 1. The van der Waals surface area contributed by atoms with Crippen molar-refractivity contribution in [2.75, 3.05) is 18.6 Å². The third-order valence-corrected chi connectivity index (χ3v) is 4.73. The van der Waals surface area contributed by atoms with E-state index in [1.54, 1.807) is 36.4 Å². The van der Waals surface area contributed by atoms with Crippen LogP contribution >= 0.6 is 0 Å². The van der Waals surface area contributed by atoms with Gasteiger partial charge in [0.1, 0.15) is 11.4 Å². The smallest absolute Gasteiger partial charge is 0.241 e. The van der Waals surface area contributed by atoms with E-state index in [0.29, 0.717) is 11.4 Å². The second-order valence-electron chi connectivity index (χ2n) is 5.74. The van der Waals surface area contributed by atoms with E-state index in [-0.39, 0.29) is 18.4 Å². The van der Waals surface area contributed by atoms with E-state index in [9.17, 15) is 14.7 Å². The van der Waals surface area contributed by atoms with Gasteiger partial charge >= 0.3 is 0 Å². The molecule has 0 aliphatic carbocycles. The summed E-state index contributed by atoms with van der Waals surface area (Å²) in [4.78, 5) is 26.8. The summed E-state index contributed by atoms with van der Waals surface area (Å²) in [5, 5.41) is 9.67. The minimum atomic E-state index is -1.07. The third kappa shape index (κ3) is 1.46. The van der Waals surface area contributed by atoms with Gasteiger partial charge in [0.2, 0.25) is 11.8 Å². The number of anilines is 1. The molecule has 2 saturated heterocycles. The van der Waals surface area contributed by atoms with Crippen molar-refractivity contribution in [3.8, 4) is 5.75 Å². The number of nitrogens with zero attached hydrogens (tertiary/aromatic N) is 1. The highest BCUT2D eigenvalue weighted by molar-refractivity contribution is 6.24. The lowest BCUT2D eigenvalue weighted by molar-refractivity contribution is -0.128. The molecule has 0 radical (unpaired) electrons. The first kappa shape index (κ1) is 13.5. The Hall–Kier alpha value is -2.18. The minimum absolute atomic E-state index is 0.302. The monoisotopic (exact) mass is 301 g/mol. The average Bonchev–Trinajstić information content (AvgIpc) is 3.18. The number of amides is 2. The molecule has 6 nitrogen and oxygen atoms in total. The second kappa shape index (κ2) is 4.41. The Kier molecular flexibility index (Phi) is 2.70. The quantitative estimate of drug-likeness (QED) is 0.650. The van der Waals surface area contributed by atoms with Crippen molar-refractivity contribution >= 4 is 17.5 Å². The number of ether oxygens (including phenoxy) is 2. The van der Waals surface area contributed by atoms with Crippen LogP contribution in [0.25, 0.3) is 0 Å². The van der Waals surface area contributed by atoms with Crippen LogP contribution in [0.1, 0.15) is 0 Å². The molecular weight excluding hydrogens is 286 g/mol. The topological polar surface area (TPSA) is 76.1 Å². The molecule has 0 saturated carbocycles. The van der Waals surface area contributed by atoms with Crippen LogP contribution in [0.3, 0.4) is 0 Å². The zero-order valence-corrected chi connectivity index (χ0v) is 11.9. The van der Waals surface area contributed by atoms with Crippen LogP contribution in [0.15, 0.2) is 36.4 Å². The van der Waals surface area contributed by atoms with E-state index in [1.807, 2.05) is 0 Å². The molecule has 0 unspecified atom stereocenters. The van der Waals surface area contributed by atoms with Gasteiger partial charge in [-0.15, -0.1) is 0 Å². The number of carbonyl (C=O) groups excluding carboxylic acids is 2. The number of imide groups is 1. The molecule has 4 rings (SSSR count). The normalized spacial score (nSPS) is 35.4. The van der Waals surface area contributed by atoms with E-state index in [2.05, 4.69) is 0 Å². The van der Waals surface area contributed by atoms with Crippen molar-refractivity contribution in [3.63, 3.8) is 0 Å². The van der Waals surface area contributed by atoms with Crippen LogP contribution in [0.4, 0.5) is 5.69 Å². The van der Waals surface area contributed by atoms with Crippen LogP contribution in [-0.2, 0) is 14.3 Å². The zero-order valence-electron chi connectivity index (χ0n) is 11.9. The molecule has 3 aliphatic rings. The van der Waals surface area contributed by atoms with E-state index in [0.717, 1.165) is 0 Å². The molecule has 0 aromatic heterocycles. The molecular formula is C16H15NO5. The van der Waals surface area contributed by atoms with Gasteiger partial charge in [0.15, 0.2) is 0 Å². The van der Waals surface area contributed by atoms with Gasteiger partial charge in [-0.1, -0.05) is 24.3 Å². The number of benzene rings is 1. The summed E-state index contributed by atoms with van der Waals surface area (Å²) in [6, 6.07) is 6.90. The van der Waals surface area contributed by atoms with Crippen molar-refractivity contribution in [2.24, 2.45) is 11.8 Å². The number of fused-ring (bicyclic) bond motifs is 5. The molecule has 1 N–H and O–H groups in total. The summed E-state index contributed by atoms with van der Waals surface area (Å²) in [6.07, 6.45) is 3.01. The SMILES string of the molecule is COc1ccccc1N1C(=O)[C@@H]2[C@@H]3C=C[C@@](CO)(O3)[C@@H]2C1=O. The summed E-state index contributed by atoms with van der Waals surface area (Å²) >= 11 is 0. The fourth-order valence-corrected chi connectivity index (χ4v) is 3.74. The Morgan fingerprint density at radius 1 is 1.32 bits per heavy atom. The number of hydrogen-bond acceptors (Lipinski definition) is 5. The van der Waals surface area contributed by atoms with Crippen LogP contribution in [0.2, 0.25) is 0 Å². The van der Waals surface area contributed by atoms with E-state index < -0.39 is 23.5 Å². The third-order valence-electron chi connectivity index (χ3n) is 4.73. The lowest BCUT2D eigenvalue weighted by atomic mass is 9.77. The summed E-state index contributed by atoms with van der Waals surface area (Å²) in [6.45, 7) is -0.319. The molecule has 1 aromatic carbocycles. The number of aliphatic hydroxyl groups is 1. The molecule has 1 aromatic rings. The molecule has 22 heavy (non-hydrogen) atoms. The molecule has 2 fully saturated rings. The largest absolute Gasteiger partial charge is 0.495 e. The Morgan fingerprint density at radius 3 is 2.82 bits per heavy atom. The first-order valence-corrected chi connectivity index (χ1v) is 7.12. The maximum absolute atomic E-state index is 12.8. The zero-order chi connectivity index (χ0) is 15.5. The molecule has 114 valence electrons. The maximum atomic E-state index is 12.8. The Balaban J connectivity index is 1.80. The van der Waals surface area contributed by atoms with E-state index in [1.165, 1.54) is 12.0 Å². The summed E-state index contributed by atoms with van der Waals surface area (Å²) in [5.74, 6) is -1.44. The Bertz CT molecular complexity index is 700. The molecule has 0 spiro atoms. The first-order chi connectivity index (χ1) is 10.6. The fourth-order valence-electron chi connectivity index (χ4n) is 3.74. The minimum Gasteiger partial charge on any atom is -0.495 e. The predicted octanol–water partition coefficient (Wildman–Crippen LogP) is 0.500. The van der Waals surface area contributed by atoms with E-state index in [4.69, 9.17) is 9.47 Å². The molecule has 6 heteroatoms. The van der Waals surface area contributed by atoms with Gasteiger partial charge in [0.05, 0.1) is 37.3 Å². The van der Waals surface area contributed by atoms with Gasteiger partial charge in [-0.3, -0.25) is 9.59 Å². The Labute approximate surface area is 126 Å². The van der Waals surface area contributed by atoms with Crippen LogP contribution < -0.4 is 9.64 Å². The van der Waals surface area contributed by atoms with Crippen molar-refractivity contribution in [1.29, 1.82) is 0 Å². The molecule has 3 aliphatic heterocycles. The number of para-hydroxylation sites is 2. The highest BCUT2D eigenvalue weighted by Crippen LogP contribution is 2.52. The maximum Gasteiger partial charge on any atom is 0.241 e. The Morgan fingerprint density at radius 2 is 2.09 bits per heavy atom. The second-order valence-corrected chi connectivity index (χ2v) is 5.74. The number of hydrogen-bond donors (Lipinski definition) is 1. The van der Waals surface area contributed by atoms with E-state index >= 15 is 0 Å². The van der Waals surface area contributed by atoms with Gasteiger partial charge in [-0.2, -0.15) is 0 Å². The first-order valence-electron chi connectivity index (χ1n) is 7.12. The van der Waals surface area contributed by atoms with Gasteiger partial charge < -0.3 is 14.6 Å². The highest BCUT2D eigenvalue weighted by atomic mass is 16.5. The van der Waals surface area contributed by atoms with Gasteiger partial charge in [-0.05, 0) is 12.1 Å². The van der Waals surface area contributed by atoms with Crippen molar-refractivity contribution < 1.29 is 24.2 Å². The standard InChI is InChI=1S/C16H15NO5/c1-21-10-5-3-2-4-9(10)17-14(19)12-11-6-7-16(8-18,22-11)13(12)15(17)20/h2-7,11-13,18H,8H2,1H3/t11-,12+,13-,16-/m0/s1. The van der Waals surface area contributed by atoms with Gasteiger partial charge in [0.25, 0.3) is 0 Å². The summed E-state index contributed by atoms with van der Waals surface area (Å²) in [5.41, 5.74) is -0.638. The van der Waals surface area contributed by atoms with Gasteiger partial charge in [-0.25, -0.2) is 4.90 Å². The molecule has 3 heterocycles. The molecule has 2 amide bonds. The number of methoxy groups -OCH3 is 1. The fraction of sp³-hybridized carbons (Fsp3) is 0.375. The van der Waals surface area contributed by atoms with Crippen molar-refractivity contribution in [1.82, 2.24) is 0 Å². The van der Waals surface area contributed by atoms with Crippen LogP contribution in [-0.4, -0.2) is 42.3 Å². The van der Waals surface area contributed by atoms with Crippen molar-refractivity contribution in [3.05, 3.63) is 36.4 Å². The molecule has 4 atom stereocenters. The van der Waals surface area contributed by atoms with Gasteiger partial charge in [0, 0.05) is 0 Å². The summed E-state index contributed by atoms with van der Waals surface area (Å²) < 4.78 is 11.0. The number of rotatable bonds is 3. The highest BCUT2D eigenvalue weighted by Gasteiger charge is 2.67. The van der Waals surface area contributed by atoms with Crippen molar-refractivity contribution in [2.45, 2.75) is 11.7 Å². The lowest BCUT2D eigenvalue weighted by Crippen LogP contribution is -2.43. The van der Waals surface area contributed by atoms with Crippen LogP contribution in [0.5, 0.6) is 5.75 Å².